The molecule has 2 aromatic heterocycles. The van der Waals surface area contributed by atoms with Crippen molar-refractivity contribution < 1.29 is 4.79 Å². The van der Waals surface area contributed by atoms with Crippen LogP contribution in [-0.2, 0) is 37.3 Å². The highest BCUT2D eigenvalue weighted by Gasteiger charge is 2.24. The fourth-order valence-electron chi connectivity index (χ4n) is 5.03. The van der Waals surface area contributed by atoms with Crippen LogP contribution >= 0.6 is 0 Å². The predicted molar refractivity (Wildman–Crippen MR) is 124 cm³/mol. The molecule has 0 saturated carbocycles. The summed E-state index contributed by atoms with van der Waals surface area (Å²) in [5, 5.41) is 13.6. The minimum Gasteiger partial charge on any atom is -0.340 e. The fraction of sp³-hybridized carbons (Fsp3) is 0.750. The molecule has 8 heteroatoms. The molecule has 0 aromatic carbocycles. The molecule has 0 radical (unpaired) electrons. The van der Waals surface area contributed by atoms with Gasteiger partial charge < -0.3 is 9.47 Å². The van der Waals surface area contributed by atoms with Gasteiger partial charge in [-0.15, -0.1) is 10.2 Å². The monoisotopic (exact) mass is 441 g/mol. The van der Waals surface area contributed by atoms with Gasteiger partial charge in [0, 0.05) is 57.8 Å². The van der Waals surface area contributed by atoms with Gasteiger partial charge in [-0.05, 0) is 44.6 Å². The first-order valence-corrected chi connectivity index (χ1v) is 12.4. The number of aromatic nitrogens is 5. The van der Waals surface area contributed by atoms with Crippen LogP contribution in [0.5, 0.6) is 0 Å². The summed E-state index contributed by atoms with van der Waals surface area (Å²) in [6.07, 6.45) is 6.10. The first-order valence-electron chi connectivity index (χ1n) is 12.4. The number of nitrogens with zero attached hydrogens (tertiary/aromatic N) is 7. The van der Waals surface area contributed by atoms with E-state index in [0.717, 1.165) is 76.0 Å². The number of amides is 1. The molecule has 2 aliphatic rings. The van der Waals surface area contributed by atoms with E-state index in [1.165, 1.54) is 30.5 Å². The molecule has 32 heavy (non-hydrogen) atoms. The molecule has 0 unspecified atom stereocenters. The van der Waals surface area contributed by atoms with Gasteiger partial charge in [0.05, 0.1) is 12.2 Å². The molecule has 176 valence electrons. The number of piperazine rings is 1. The molecule has 0 N–H and O–H groups in total. The molecule has 8 nitrogen and oxygen atoms in total. The summed E-state index contributed by atoms with van der Waals surface area (Å²) in [4.78, 5) is 17.3. The Balaban J connectivity index is 1.26. The SMILES string of the molecule is Cc1nn(CC(C)C)c(C)c1CCC(=O)N1CCN(Cc2nnc3n2CCCCC3)CC1. The molecule has 2 aliphatic heterocycles. The summed E-state index contributed by atoms with van der Waals surface area (Å²) in [5.74, 6) is 3.06. The van der Waals surface area contributed by atoms with E-state index >= 15 is 0 Å². The number of carbonyl (C=O) groups excluding carboxylic acids is 1. The maximum Gasteiger partial charge on any atom is 0.222 e. The zero-order valence-corrected chi connectivity index (χ0v) is 20.3. The van der Waals surface area contributed by atoms with E-state index in [1.807, 2.05) is 4.90 Å². The van der Waals surface area contributed by atoms with Crippen molar-refractivity contribution in [2.45, 2.75) is 85.9 Å². The van der Waals surface area contributed by atoms with Gasteiger partial charge in [0.15, 0.2) is 0 Å². The average Bonchev–Trinajstić information content (AvgIpc) is 3.14. The fourth-order valence-corrected chi connectivity index (χ4v) is 5.03. The van der Waals surface area contributed by atoms with Crippen LogP contribution in [0.15, 0.2) is 0 Å². The molecule has 0 atom stereocenters. The number of carbonyl (C=O) groups is 1. The van der Waals surface area contributed by atoms with Crippen molar-refractivity contribution in [3.05, 3.63) is 28.6 Å². The van der Waals surface area contributed by atoms with E-state index in [4.69, 9.17) is 5.10 Å². The highest BCUT2D eigenvalue weighted by atomic mass is 16.2. The Hall–Kier alpha value is -2.22. The van der Waals surface area contributed by atoms with Crippen molar-refractivity contribution in [2.75, 3.05) is 26.2 Å². The van der Waals surface area contributed by atoms with Gasteiger partial charge in [0.1, 0.15) is 11.6 Å². The van der Waals surface area contributed by atoms with Gasteiger partial charge in [0.25, 0.3) is 0 Å². The van der Waals surface area contributed by atoms with E-state index in [9.17, 15) is 4.79 Å². The lowest BCUT2D eigenvalue weighted by atomic mass is 10.1. The Morgan fingerprint density at radius 3 is 2.53 bits per heavy atom. The van der Waals surface area contributed by atoms with Crippen molar-refractivity contribution in [3.63, 3.8) is 0 Å². The molecule has 0 bridgehead atoms. The third-order valence-electron chi connectivity index (χ3n) is 6.93. The van der Waals surface area contributed by atoms with Crippen molar-refractivity contribution >= 4 is 5.91 Å². The number of hydrogen-bond donors (Lipinski definition) is 0. The molecule has 4 rings (SSSR count). The number of aryl methyl sites for hydroxylation is 2. The van der Waals surface area contributed by atoms with Crippen molar-refractivity contribution in [1.82, 2.24) is 34.3 Å². The van der Waals surface area contributed by atoms with E-state index in [-0.39, 0.29) is 5.91 Å². The largest absolute Gasteiger partial charge is 0.340 e. The van der Waals surface area contributed by atoms with Crippen LogP contribution < -0.4 is 0 Å². The number of hydrogen-bond acceptors (Lipinski definition) is 5. The Kier molecular flexibility index (Phi) is 7.28. The number of fused-ring (bicyclic) bond motifs is 1. The lowest BCUT2D eigenvalue weighted by Gasteiger charge is -2.34. The summed E-state index contributed by atoms with van der Waals surface area (Å²) >= 11 is 0. The minimum absolute atomic E-state index is 0.261. The lowest BCUT2D eigenvalue weighted by molar-refractivity contribution is -0.133. The van der Waals surface area contributed by atoms with Crippen LogP contribution in [0.2, 0.25) is 0 Å². The first-order chi connectivity index (χ1) is 15.4. The molecule has 0 aliphatic carbocycles. The van der Waals surface area contributed by atoms with E-state index in [1.54, 1.807) is 0 Å². The second-order valence-corrected chi connectivity index (χ2v) is 9.88. The van der Waals surface area contributed by atoms with Crippen molar-refractivity contribution in [3.8, 4) is 0 Å². The van der Waals surface area contributed by atoms with Crippen LogP contribution in [-0.4, -0.2) is 66.4 Å². The van der Waals surface area contributed by atoms with Gasteiger partial charge in [0.2, 0.25) is 5.91 Å². The van der Waals surface area contributed by atoms with Crippen LogP contribution in [0.3, 0.4) is 0 Å². The Bertz CT molecular complexity index is 921. The highest BCUT2D eigenvalue weighted by molar-refractivity contribution is 5.76. The Labute approximate surface area is 192 Å². The summed E-state index contributed by atoms with van der Waals surface area (Å²) in [6, 6.07) is 0. The van der Waals surface area contributed by atoms with E-state index in [0.29, 0.717) is 12.3 Å². The lowest BCUT2D eigenvalue weighted by Crippen LogP contribution is -2.48. The van der Waals surface area contributed by atoms with Crippen molar-refractivity contribution in [1.29, 1.82) is 0 Å². The van der Waals surface area contributed by atoms with Gasteiger partial charge in [-0.1, -0.05) is 20.3 Å². The van der Waals surface area contributed by atoms with Crippen LogP contribution in [0.25, 0.3) is 0 Å². The zero-order chi connectivity index (χ0) is 22.7. The molecular weight excluding hydrogens is 402 g/mol. The van der Waals surface area contributed by atoms with Gasteiger partial charge in [-0.2, -0.15) is 5.10 Å². The average molecular weight is 442 g/mol. The molecule has 4 heterocycles. The van der Waals surface area contributed by atoms with Crippen molar-refractivity contribution in [2.24, 2.45) is 5.92 Å². The third-order valence-corrected chi connectivity index (χ3v) is 6.93. The topological polar surface area (TPSA) is 72.1 Å². The summed E-state index contributed by atoms with van der Waals surface area (Å²) in [5.41, 5.74) is 3.51. The standard InChI is InChI=1S/C24H39N7O/c1-18(2)16-31-20(4)21(19(3)27-31)9-10-24(32)29-14-12-28(13-15-29)17-23-26-25-22-8-6-5-7-11-30(22)23/h18H,5-17H2,1-4H3. The zero-order valence-electron chi connectivity index (χ0n) is 20.3. The third kappa shape index (κ3) is 5.22. The van der Waals surface area contributed by atoms with Crippen LogP contribution in [0.1, 0.15) is 68.1 Å². The van der Waals surface area contributed by atoms with Gasteiger partial charge >= 0.3 is 0 Å². The molecular formula is C24H39N7O. The van der Waals surface area contributed by atoms with Crippen LogP contribution in [0.4, 0.5) is 0 Å². The van der Waals surface area contributed by atoms with Gasteiger partial charge in [-0.25, -0.2) is 0 Å². The quantitative estimate of drug-likeness (QED) is 0.661. The smallest absolute Gasteiger partial charge is 0.222 e. The maximum absolute atomic E-state index is 12.9. The molecule has 2 aromatic rings. The summed E-state index contributed by atoms with van der Waals surface area (Å²) in [7, 11) is 0. The normalized spacial score (nSPS) is 17.6. The van der Waals surface area contributed by atoms with E-state index in [2.05, 4.69) is 52.0 Å². The first kappa shape index (κ1) is 23.0. The minimum atomic E-state index is 0.261. The molecule has 1 amide bonds. The summed E-state index contributed by atoms with van der Waals surface area (Å²) < 4.78 is 4.43. The second-order valence-electron chi connectivity index (χ2n) is 9.88. The van der Waals surface area contributed by atoms with E-state index < -0.39 is 0 Å². The number of rotatable bonds is 7. The predicted octanol–water partition coefficient (Wildman–Crippen LogP) is 2.75. The second kappa shape index (κ2) is 10.1. The Morgan fingerprint density at radius 2 is 1.78 bits per heavy atom. The van der Waals surface area contributed by atoms with Gasteiger partial charge in [-0.3, -0.25) is 14.4 Å². The molecule has 1 fully saturated rings. The van der Waals surface area contributed by atoms with Crippen LogP contribution in [0, 0.1) is 19.8 Å². The summed E-state index contributed by atoms with van der Waals surface area (Å²) in [6.45, 7) is 14.8. The Morgan fingerprint density at radius 1 is 1.00 bits per heavy atom. The highest BCUT2D eigenvalue weighted by Crippen LogP contribution is 2.19. The maximum atomic E-state index is 12.9. The molecule has 1 saturated heterocycles. The molecule has 0 spiro atoms.